The van der Waals surface area contributed by atoms with E-state index in [2.05, 4.69) is 34.3 Å². The van der Waals surface area contributed by atoms with Crippen LogP contribution in [0.15, 0.2) is 54.7 Å². The Morgan fingerprint density at radius 2 is 2.14 bits per heavy atom. The molecule has 2 aromatic carbocycles. The van der Waals surface area contributed by atoms with Crippen LogP contribution in [-0.4, -0.2) is 33.6 Å². The fourth-order valence-corrected chi connectivity index (χ4v) is 4.11. The fourth-order valence-electron chi connectivity index (χ4n) is 4.11. The van der Waals surface area contributed by atoms with Gasteiger partial charge in [0.1, 0.15) is 5.82 Å². The summed E-state index contributed by atoms with van der Waals surface area (Å²) in [5, 5.41) is 9.77. The van der Waals surface area contributed by atoms with Crippen LogP contribution in [0.25, 0.3) is 17.0 Å². The number of likely N-dealkylation sites (tertiary alicyclic amines) is 1. The predicted octanol–water partition coefficient (Wildman–Crippen LogP) is 4.03. The van der Waals surface area contributed by atoms with Crippen LogP contribution in [0.5, 0.6) is 0 Å². The molecule has 150 valence electrons. The van der Waals surface area contributed by atoms with Gasteiger partial charge in [0.15, 0.2) is 0 Å². The van der Waals surface area contributed by atoms with E-state index in [1.54, 1.807) is 12.1 Å². The van der Waals surface area contributed by atoms with Crippen LogP contribution in [0, 0.1) is 5.82 Å². The van der Waals surface area contributed by atoms with E-state index in [4.69, 9.17) is 5.21 Å². The topological polar surface area (TPSA) is 68.4 Å². The third-order valence-electron chi connectivity index (χ3n) is 5.62. The first-order chi connectivity index (χ1) is 14.1. The Balaban J connectivity index is 1.45. The number of hydrogen-bond acceptors (Lipinski definition) is 3. The third-order valence-corrected chi connectivity index (χ3v) is 5.62. The number of fused-ring (bicyclic) bond motifs is 1. The van der Waals surface area contributed by atoms with Crippen molar-refractivity contribution >= 4 is 22.9 Å². The number of amides is 1. The van der Waals surface area contributed by atoms with Crippen LogP contribution >= 0.6 is 0 Å². The summed E-state index contributed by atoms with van der Waals surface area (Å²) in [6.45, 7) is 1.53. The van der Waals surface area contributed by atoms with Crippen LogP contribution in [0.2, 0.25) is 0 Å². The molecular weight excluding hydrogens is 369 g/mol. The van der Waals surface area contributed by atoms with Gasteiger partial charge in [-0.2, -0.15) is 0 Å². The Labute approximate surface area is 168 Å². The molecule has 0 saturated carbocycles. The zero-order valence-electron chi connectivity index (χ0n) is 16.1. The largest absolute Gasteiger partial charge is 0.361 e. The van der Waals surface area contributed by atoms with Crippen molar-refractivity contribution in [3.63, 3.8) is 0 Å². The van der Waals surface area contributed by atoms with Gasteiger partial charge in [-0.25, -0.2) is 9.87 Å². The molecule has 4 rings (SSSR count). The molecule has 6 heteroatoms. The Morgan fingerprint density at radius 1 is 1.28 bits per heavy atom. The van der Waals surface area contributed by atoms with Crippen molar-refractivity contribution < 1.29 is 14.4 Å². The number of halogens is 1. The summed E-state index contributed by atoms with van der Waals surface area (Å²) in [4.78, 5) is 16.8. The van der Waals surface area contributed by atoms with E-state index in [0.29, 0.717) is 23.7 Å². The number of carbonyl (C=O) groups excluding carboxylic acids is 1. The van der Waals surface area contributed by atoms with Crippen LogP contribution in [-0.2, 0) is 17.8 Å². The first-order valence-corrected chi connectivity index (χ1v) is 9.83. The molecule has 29 heavy (non-hydrogen) atoms. The van der Waals surface area contributed by atoms with Gasteiger partial charge < -0.3 is 4.98 Å². The van der Waals surface area contributed by atoms with E-state index in [1.807, 2.05) is 6.07 Å². The second-order valence-corrected chi connectivity index (χ2v) is 7.49. The number of hydrogen-bond donors (Lipinski definition) is 3. The minimum Gasteiger partial charge on any atom is -0.361 e. The average Bonchev–Trinajstić information content (AvgIpc) is 3.35. The minimum absolute atomic E-state index is 0.283. The number of aromatic nitrogens is 1. The van der Waals surface area contributed by atoms with Crippen LogP contribution in [0.1, 0.15) is 29.5 Å². The molecular formula is C23H24FN3O2. The standard InChI is InChI=1S/C23H24FN3O2/c24-21-12-16(8-10-23(28)26-29)7-9-17(21)15-27-11-3-4-19(27)13-18-14-25-22-6-2-1-5-20(18)22/h1-2,5-10,12,14,19,25,29H,3-4,11,13,15H2,(H,26,28)/t19-/m1/s1. The molecule has 3 aromatic rings. The van der Waals surface area contributed by atoms with Crippen molar-refractivity contribution in [1.29, 1.82) is 0 Å². The number of carbonyl (C=O) groups is 1. The lowest BCUT2D eigenvalue weighted by atomic mass is 10.0. The van der Waals surface area contributed by atoms with E-state index in [-0.39, 0.29) is 5.82 Å². The van der Waals surface area contributed by atoms with Crippen molar-refractivity contribution in [1.82, 2.24) is 15.4 Å². The summed E-state index contributed by atoms with van der Waals surface area (Å²) in [7, 11) is 0. The lowest BCUT2D eigenvalue weighted by Crippen LogP contribution is -2.31. The number of rotatable bonds is 6. The lowest BCUT2D eigenvalue weighted by molar-refractivity contribution is -0.124. The molecule has 1 amide bonds. The highest BCUT2D eigenvalue weighted by molar-refractivity contribution is 5.90. The van der Waals surface area contributed by atoms with E-state index in [9.17, 15) is 9.18 Å². The molecule has 0 bridgehead atoms. The van der Waals surface area contributed by atoms with Crippen LogP contribution in [0.3, 0.4) is 0 Å². The highest BCUT2D eigenvalue weighted by Crippen LogP contribution is 2.27. The summed E-state index contributed by atoms with van der Waals surface area (Å²) in [5.74, 6) is -0.930. The first-order valence-electron chi connectivity index (χ1n) is 9.83. The second kappa shape index (κ2) is 8.59. The third kappa shape index (κ3) is 4.39. The molecule has 0 spiro atoms. The number of hydroxylamine groups is 1. The molecule has 1 saturated heterocycles. The maximum atomic E-state index is 14.6. The van der Waals surface area contributed by atoms with Crippen molar-refractivity contribution in [2.75, 3.05) is 6.54 Å². The molecule has 1 aliphatic rings. The predicted molar refractivity (Wildman–Crippen MR) is 111 cm³/mol. The SMILES string of the molecule is O=C(C=Cc1ccc(CN2CCC[C@@H]2Cc2c[nH]c3ccccc23)c(F)c1)NO. The molecule has 2 heterocycles. The van der Waals surface area contributed by atoms with Gasteiger partial charge in [0, 0.05) is 41.3 Å². The monoisotopic (exact) mass is 393 g/mol. The number of nitrogens with one attached hydrogen (secondary N) is 2. The number of para-hydroxylation sites is 1. The first kappa shape index (κ1) is 19.4. The van der Waals surface area contributed by atoms with Crippen molar-refractivity contribution in [2.45, 2.75) is 31.8 Å². The summed E-state index contributed by atoms with van der Waals surface area (Å²) in [5.41, 5.74) is 5.20. The Morgan fingerprint density at radius 3 is 2.97 bits per heavy atom. The zero-order valence-corrected chi connectivity index (χ0v) is 16.1. The summed E-state index contributed by atoms with van der Waals surface area (Å²) in [6.07, 6.45) is 7.89. The van der Waals surface area contributed by atoms with Gasteiger partial charge in [-0.15, -0.1) is 0 Å². The zero-order chi connectivity index (χ0) is 20.2. The summed E-state index contributed by atoms with van der Waals surface area (Å²) >= 11 is 0. The molecule has 1 atom stereocenters. The van der Waals surface area contributed by atoms with Gasteiger partial charge in [0.2, 0.25) is 0 Å². The van der Waals surface area contributed by atoms with E-state index in [1.165, 1.54) is 28.6 Å². The normalized spacial score (nSPS) is 17.4. The molecule has 0 unspecified atom stereocenters. The molecule has 0 radical (unpaired) electrons. The van der Waals surface area contributed by atoms with Gasteiger partial charge in [-0.3, -0.25) is 14.9 Å². The van der Waals surface area contributed by atoms with Gasteiger partial charge >= 0.3 is 0 Å². The molecule has 3 N–H and O–H groups in total. The number of aromatic amines is 1. The quantitative estimate of drug-likeness (QED) is 0.336. The smallest absolute Gasteiger partial charge is 0.267 e. The Hall–Kier alpha value is -2.96. The minimum atomic E-state index is -0.647. The molecule has 1 aromatic heterocycles. The molecule has 1 fully saturated rings. The molecule has 0 aliphatic carbocycles. The number of nitrogens with zero attached hydrogens (tertiary/aromatic N) is 1. The van der Waals surface area contributed by atoms with Gasteiger partial charge in [-0.1, -0.05) is 30.3 Å². The number of H-pyrrole nitrogens is 1. The highest BCUT2D eigenvalue weighted by Gasteiger charge is 2.26. The molecule has 5 nitrogen and oxygen atoms in total. The van der Waals surface area contributed by atoms with E-state index >= 15 is 0 Å². The maximum absolute atomic E-state index is 14.6. The summed E-state index contributed by atoms with van der Waals surface area (Å²) in [6, 6.07) is 13.7. The van der Waals surface area contributed by atoms with Crippen molar-refractivity contribution in [3.05, 3.63) is 77.2 Å². The maximum Gasteiger partial charge on any atom is 0.267 e. The van der Waals surface area contributed by atoms with Crippen molar-refractivity contribution in [2.24, 2.45) is 0 Å². The lowest BCUT2D eigenvalue weighted by Gasteiger charge is -2.24. The van der Waals surface area contributed by atoms with Gasteiger partial charge in [-0.05, 0) is 55.1 Å². The van der Waals surface area contributed by atoms with Crippen molar-refractivity contribution in [3.8, 4) is 0 Å². The Bertz CT molecular complexity index is 1040. The van der Waals surface area contributed by atoms with Gasteiger partial charge in [0.05, 0.1) is 0 Å². The Kier molecular flexibility index (Phi) is 5.74. The van der Waals surface area contributed by atoms with Crippen LogP contribution < -0.4 is 5.48 Å². The van der Waals surface area contributed by atoms with E-state index < -0.39 is 5.91 Å². The van der Waals surface area contributed by atoms with Gasteiger partial charge in [0.25, 0.3) is 5.91 Å². The fraction of sp³-hybridized carbons (Fsp3) is 0.261. The highest BCUT2D eigenvalue weighted by atomic mass is 19.1. The summed E-state index contributed by atoms with van der Waals surface area (Å²) < 4.78 is 14.6. The average molecular weight is 393 g/mol. The van der Waals surface area contributed by atoms with E-state index in [0.717, 1.165) is 37.4 Å². The second-order valence-electron chi connectivity index (χ2n) is 7.49. The number of benzene rings is 2. The van der Waals surface area contributed by atoms with Crippen LogP contribution in [0.4, 0.5) is 4.39 Å². The molecule has 1 aliphatic heterocycles.